The molecule has 0 bridgehead atoms. The number of unbranched alkanes of at least 4 members (excludes halogenated alkanes) is 1. The van der Waals surface area contributed by atoms with Crippen molar-refractivity contribution in [2.45, 2.75) is 134 Å². The highest BCUT2D eigenvalue weighted by Gasteiger charge is 2.44. The van der Waals surface area contributed by atoms with E-state index in [1.165, 1.54) is 13.8 Å². The molecule has 27 nitrogen and oxygen atoms in total. The number of carboxylic acids is 4. The van der Waals surface area contributed by atoms with E-state index in [9.17, 15) is 82.8 Å². The maximum absolute atomic E-state index is 14.0. The molecule has 0 saturated heterocycles. The Hall–Kier alpha value is -6.29. The Labute approximate surface area is 354 Å². The number of rotatable bonds is 28. The third kappa shape index (κ3) is 22.4. The predicted molar refractivity (Wildman–Crippen MR) is 208 cm³/mol. The Morgan fingerprint density at radius 1 is 0.468 bits per heavy atom. The summed E-state index contributed by atoms with van der Waals surface area (Å²) in [5, 5.41) is 59.2. The molecule has 15 N–H and O–H groups in total. The number of carbonyl (C=O) groups is 13. The smallest absolute Gasteiger partial charge is 0.305 e. The second kappa shape index (κ2) is 26.8. The van der Waals surface area contributed by atoms with Crippen LogP contribution in [-0.2, 0) is 62.3 Å². The number of nitrogens with one attached hydrogen (secondary N) is 9. The number of imide groups is 4. The van der Waals surface area contributed by atoms with Crippen LogP contribution in [0, 0.1) is 0 Å². The van der Waals surface area contributed by atoms with E-state index in [0.29, 0.717) is 6.42 Å². The average molecular weight is 889 g/mol. The van der Waals surface area contributed by atoms with Crippen molar-refractivity contribution >= 4 is 77.0 Å². The lowest BCUT2D eigenvalue weighted by molar-refractivity contribution is -0.142. The second-order valence-corrected chi connectivity index (χ2v) is 14.5. The summed E-state index contributed by atoms with van der Waals surface area (Å²) in [4.78, 5) is 162. The molecule has 0 aromatic rings. The van der Waals surface area contributed by atoms with Crippen molar-refractivity contribution in [2.75, 3.05) is 6.54 Å². The number of carbonyl (C=O) groups excluding carboxylic acids is 9. The first kappa shape index (κ1) is 55.7. The second-order valence-electron chi connectivity index (χ2n) is 14.5. The zero-order chi connectivity index (χ0) is 48.1. The lowest BCUT2D eigenvalue weighted by atomic mass is 9.87. The van der Waals surface area contributed by atoms with Gasteiger partial charge in [0, 0.05) is 33.2 Å². The number of carboxylic acid groups (broad SMARTS) is 4. The van der Waals surface area contributed by atoms with Crippen LogP contribution in [0.4, 0.5) is 0 Å². The van der Waals surface area contributed by atoms with Crippen molar-refractivity contribution in [3.05, 3.63) is 0 Å². The zero-order valence-electron chi connectivity index (χ0n) is 34.9. The first-order valence-corrected chi connectivity index (χ1v) is 18.8. The molecule has 0 heterocycles. The van der Waals surface area contributed by atoms with Gasteiger partial charge in [-0.15, -0.1) is 0 Å². The molecule has 27 heteroatoms. The van der Waals surface area contributed by atoms with E-state index < -0.39 is 151 Å². The molecule has 62 heavy (non-hydrogen) atoms. The van der Waals surface area contributed by atoms with Crippen LogP contribution in [0.15, 0.2) is 0 Å². The topological polar surface area (TPSA) is 437 Å². The van der Waals surface area contributed by atoms with Gasteiger partial charge in [-0.1, -0.05) is 6.42 Å². The molecule has 0 saturated carbocycles. The summed E-state index contributed by atoms with van der Waals surface area (Å²) in [6, 6.07) is -11.0. The Morgan fingerprint density at radius 3 is 1.11 bits per heavy atom. The van der Waals surface area contributed by atoms with E-state index in [4.69, 9.17) is 5.73 Å². The van der Waals surface area contributed by atoms with Gasteiger partial charge in [-0.2, -0.15) is 0 Å². The Bertz CT molecular complexity index is 1670. The molecule has 6 atom stereocenters. The minimum Gasteiger partial charge on any atom is -0.481 e. The molecule has 0 spiro atoms. The van der Waals surface area contributed by atoms with Gasteiger partial charge in [0.2, 0.25) is 53.2 Å². The highest BCUT2D eigenvalue weighted by molar-refractivity contribution is 6.01. The minimum absolute atomic E-state index is 0.114. The van der Waals surface area contributed by atoms with E-state index >= 15 is 0 Å². The van der Waals surface area contributed by atoms with E-state index in [1.54, 1.807) is 0 Å². The third-order valence-corrected chi connectivity index (χ3v) is 8.36. The quantitative estimate of drug-likeness (QED) is 0.0257. The van der Waals surface area contributed by atoms with E-state index in [-0.39, 0.29) is 19.4 Å². The van der Waals surface area contributed by atoms with Crippen LogP contribution in [-0.4, -0.2) is 152 Å². The standard InChI is InChI=1S/C35H56N10O17/c1-15(46)37-31(59)20(11-24(50)51)41-28(35(5,6)45-19(9-7-8-10-36)30(58)44-23(14-27(56)57)34(62)40-18(4)49)29(42-21(12-25(52)53)32(60)38-16(2)47)43-22(13-26(54)55)33(61)39-17(3)48/h19-23,28-29,41-43,45H,7-14,36H2,1-6H3,(H,44,58)(H,50,51)(H,52,53)(H,54,55)(H,56,57)(H,37,46,59)(H,38,47,60)(H,39,48,61)(H,40,49,62)/t19-,20-,21-,22-,23-,28?/m0/s1. The molecule has 0 aliphatic heterocycles. The fourth-order valence-electron chi connectivity index (χ4n) is 5.82. The normalized spacial score (nSPS) is 14.1. The van der Waals surface area contributed by atoms with E-state index in [2.05, 4.69) is 26.6 Å². The van der Waals surface area contributed by atoms with Crippen molar-refractivity contribution in [1.29, 1.82) is 0 Å². The summed E-state index contributed by atoms with van der Waals surface area (Å²) in [5.41, 5.74) is 3.76. The van der Waals surface area contributed by atoms with E-state index in [1.807, 2.05) is 21.3 Å². The van der Waals surface area contributed by atoms with Gasteiger partial charge in [-0.25, -0.2) is 0 Å². The molecule has 0 aromatic heterocycles. The van der Waals surface area contributed by atoms with Gasteiger partial charge in [-0.3, -0.25) is 105 Å². The van der Waals surface area contributed by atoms with Crippen LogP contribution in [0.1, 0.15) is 86.5 Å². The van der Waals surface area contributed by atoms with Crippen LogP contribution < -0.4 is 53.6 Å². The molecule has 0 aliphatic carbocycles. The van der Waals surface area contributed by atoms with Crippen LogP contribution in [0.5, 0.6) is 0 Å². The number of nitrogens with two attached hydrogens (primary N) is 1. The summed E-state index contributed by atoms with van der Waals surface area (Å²) < 4.78 is 0. The summed E-state index contributed by atoms with van der Waals surface area (Å²) in [6.07, 6.45) is -6.01. The largest absolute Gasteiger partial charge is 0.481 e. The van der Waals surface area contributed by atoms with Gasteiger partial charge in [0.15, 0.2) is 0 Å². The van der Waals surface area contributed by atoms with Gasteiger partial charge in [0.1, 0.15) is 6.04 Å². The molecule has 9 amide bonds. The predicted octanol–water partition coefficient (Wildman–Crippen LogP) is -5.54. The van der Waals surface area contributed by atoms with E-state index in [0.717, 1.165) is 27.7 Å². The zero-order valence-corrected chi connectivity index (χ0v) is 34.9. The fourth-order valence-corrected chi connectivity index (χ4v) is 5.82. The fraction of sp³-hybridized carbons (Fsp3) is 0.629. The third-order valence-electron chi connectivity index (χ3n) is 8.36. The first-order valence-electron chi connectivity index (χ1n) is 18.8. The molecular formula is C35H56N10O17. The van der Waals surface area contributed by atoms with Crippen molar-refractivity contribution in [1.82, 2.24) is 47.9 Å². The van der Waals surface area contributed by atoms with Crippen molar-refractivity contribution in [3.63, 3.8) is 0 Å². The molecule has 0 rings (SSSR count). The van der Waals surface area contributed by atoms with Gasteiger partial charge in [0.05, 0.1) is 62.1 Å². The lowest BCUT2D eigenvalue weighted by Gasteiger charge is -2.46. The molecular weight excluding hydrogens is 832 g/mol. The lowest BCUT2D eigenvalue weighted by Crippen LogP contribution is -2.75. The van der Waals surface area contributed by atoms with Gasteiger partial charge in [0.25, 0.3) is 0 Å². The van der Waals surface area contributed by atoms with Crippen molar-refractivity contribution in [2.24, 2.45) is 5.73 Å². The van der Waals surface area contributed by atoms with Crippen LogP contribution in [0.3, 0.4) is 0 Å². The summed E-state index contributed by atoms with van der Waals surface area (Å²) in [5.74, 6) is -16.4. The Morgan fingerprint density at radius 2 is 0.790 bits per heavy atom. The SMILES string of the molecule is CC(=O)NC(=O)[C@H](CC(=O)O)NC(=O)[C@H](CCCCN)NC(C)(C)C(N[C@@H](CC(=O)O)C(=O)NC(C)=O)C(N[C@@H](CC(=O)O)C(=O)NC(C)=O)N[C@@H](CC(=O)O)C(=O)NC(C)=O. The summed E-state index contributed by atoms with van der Waals surface area (Å²) in [7, 11) is 0. The number of hydrogen-bond donors (Lipinski definition) is 14. The maximum atomic E-state index is 14.0. The molecule has 0 radical (unpaired) electrons. The molecule has 1 unspecified atom stereocenters. The minimum atomic E-state index is -1.97. The number of hydrogen-bond acceptors (Lipinski definition) is 18. The molecule has 348 valence electrons. The van der Waals surface area contributed by atoms with Gasteiger partial charge >= 0.3 is 23.9 Å². The van der Waals surface area contributed by atoms with Crippen LogP contribution >= 0.6 is 0 Å². The summed E-state index contributed by atoms with van der Waals surface area (Å²) >= 11 is 0. The average Bonchev–Trinajstić information content (AvgIpc) is 3.09. The monoisotopic (exact) mass is 888 g/mol. The number of aliphatic carboxylic acids is 4. The highest BCUT2D eigenvalue weighted by atomic mass is 16.4. The van der Waals surface area contributed by atoms with Crippen LogP contribution in [0.25, 0.3) is 0 Å². The van der Waals surface area contributed by atoms with Crippen LogP contribution in [0.2, 0.25) is 0 Å². The van der Waals surface area contributed by atoms with Crippen molar-refractivity contribution in [3.8, 4) is 0 Å². The first-order chi connectivity index (χ1) is 28.6. The van der Waals surface area contributed by atoms with Crippen molar-refractivity contribution < 1.29 is 82.8 Å². The summed E-state index contributed by atoms with van der Waals surface area (Å²) in [6.45, 7) is 6.36. The number of amides is 9. The highest BCUT2D eigenvalue weighted by Crippen LogP contribution is 2.20. The molecule has 0 aromatic carbocycles. The molecule has 0 aliphatic rings. The molecule has 0 fully saturated rings. The Kier molecular flexibility index (Phi) is 24.1. The van der Waals surface area contributed by atoms with Gasteiger partial charge < -0.3 is 31.5 Å². The Balaban J connectivity index is 8.14. The maximum Gasteiger partial charge on any atom is 0.305 e. The van der Waals surface area contributed by atoms with Gasteiger partial charge in [-0.05, 0) is 33.2 Å².